The smallest absolute Gasteiger partial charge is 0.330 e. The molecule has 648 valence electrons. The van der Waals surface area contributed by atoms with Gasteiger partial charge in [-0.25, -0.2) is 4.79 Å². The quantitative estimate of drug-likeness (QED) is 0.00771. The normalized spacial score (nSPS) is 14.8. The Bertz CT molecular complexity index is 3410. The van der Waals surface area contributed by atoms with Gasteiger partial charge in [0.05, 0.1) is 79.8 Å². The third kappa shape index (κ3) is 38.3. The molecule has 4 aromatic rings. The summed E-state index contributed by atoms with van der Waals surface area (Å²) in [5.41, 5.74) is 6.51. The van der Waals surface area contributed by atoms with Gasteiger partial charge < -0.3 is 56.5 Å². The molecule has 0 unspecified atom stereocenters. The average Bonchev–Trinajstić information content (AvgIpc) is 0.795. The van der Waals surface area contributed by atoms with E-state index >= 15 is 0 Å². The molecular formula is C93H156O18Si2Sn. The number of carbonyl (C=O) groups excluding carboxylic acids is 3. The molecule has 0 saturated carbocycles. The fraction of sp³-hybridized carbons (Fsp3) is 0.645. The largest absolute Gasteiger partial charge is 0.497 e. The van der Waals surface area contributed by atoms with Crippen molar-refractivity contribution in [1.29, 1.82) is 0 Å². The number of rotatable bonds is 52. The molecule has 0 bridgehead atoms. The maximum absolute atomic E-state index is 13.2. The zero-order valence-corrected chi connectivity index (χ0v) is 79.3. The van der Waals surface area contributed by atoms with Crippen molar-refractivity contribution < 1.29 is 84.8 Å². The number of benzene rings is 4. The Kier molecular flexibility index (Phi) is 50.8. The summed E-state index contributed by atoms with van der Waals surface area (Å²) in [5.74, 6) is 1.07. The molecule has 18 nitrogen and oxygen atoms in total. The van der Waals surface area contributed by atoms with Crippen LogP contribution in [0.2, 0.25) is 46.1 Å². The molecule has 0 aliphatic carbocycles. The van der Waals surface area contributed by atoms with Crippen molar-refractivity contribution in [2.75, 3.05) is 88.8 Å². The van der Waals surface area contributed by atoms with E-state index in [1.165, 1.54) is 22.3 Å². The second-order valence-electron chi connectivity index (χ2n) is 33.9. The van der Waals surface area contributed by atoms with Gasteiger partial charge in [0.1, 0.15) is 31.2 Å². The molecule has 8 atom stereocenters. The van der Waals surface area contributed by atoms with Crippen LogP contribution in [0.3, 0.4) is 0 Å². The van der Waals surface area contributed by atoms with E-state index in [1.807, 2.05) is 74.5 Å². The zero-order chi connectivity index (χ0) is 83.9. The van der Waals surface area contributed by atoms with Crippen LogP contribution in [-0.2, 0) is 106 Å². The van der Waals surface area contributed by atoms with Gasteiger partial charge >= 0.3 is 247 Å². The molecule has 0 N–H and O–H groups in total. The standard InChI is InChI=1S/C47H74O10Si.C42H67O8Si.2CH4.2CH3.Sn.H/c1-14-36(32-54-34-53-27-26-50-9)28-35(3)42(55-33-38-22-24-40(51-10)25-23-38)30-41(57-58(12,13)46(4,5)6)31-43(56-44(48)15-2)47(7,8)39-20-16-18-37(29-39)19-17-21-45(49)52-11;1-13-33(29-47-31-46-25-24-44-9)26-32(3)38(48-30-34-20-22-36(45-10)23-21-34)27-37(50-51(11,12)41(4,5)6)28-39(49-40(43)14-2)42(7,8)35-18-16-15-17-19-35;;;;;;/h16-18,20-25,28-29,36,41-43H,14-15,19,26-27,30-34H2,1-13H3;15-16,18-23,26,33,37-39H,13-14,24-25,27-31H2,1-12H3;2*1H4;2*1H3;;/b21-17+,35-28-;32-26-;;;;;;/t36-,41-,42+,43+;33-,37-,38+,39+;;;;;;/m11....../s1. The van der Waals surface area contributed by atoms with Gasteiger partial charge in [0.15, 0.2) is 8.32 Å². The Morgan fingerprint density at radius 2 is 0.886 bits per heavy atom. The first kappa shape index (κ1) is 107. The molecule has 4 rings (SSSR count). The average molecular weight is 1740 g/mol. The second kappa shape index (κ2) is 54.2. The molecule has 0 fully saturated rings. The van der Waals surface area contributed by atoms with E-state index in [9.17, 15) is 14.4 Å². The number of methoxy groups -OCH3 is 5. The van der Waals surface area contributed by atoms with Gasteiger partial charge in [-0.15, -0.1) is 0 Å². The van der Waals surface area contributed by atoms with Crippen molar-refractivity contribution in [3.8, 4) is 11.5 Å². The summed E-state index contributed by atoms with van der Waals surface area (Å²) >= 11 is -1.78. The third-order valence-corrected chi connectivity index (χ3v) is 36.0. The summed E-state index contributed by atoms with van der Waals surface area (Å²) in [4.78, 5) is 42.9. The van der Waals surface area contributed by atoms with Gasteiger partial charge in [-0.1, -0.05) is 131 Å². The monoisotopic (exact) mass is 1740 g/mol. The first-order valence-corrected chi connectivity index (χ1v) is 54.7. The van der Waals surface area contributed by atoms with Crippen LogP contribution in [0.4, 0.5) is 0 Å². The maximum atomic E-state index is 13.2. The number of hydrogen-bond acceptors (Lipinski definition) is 18. The minimum absolute atomic E-state index is 0. The zero-order valence-electron chi connectivity index (χ0n) is 74.0. The minimum atomic E-state index is -2.35. The number of hydrogen-bond donors (Lipinski definition) is 0. The molecule has 0 spiro atoms. The fourth-order valence-electron chi connectivity index (χ4n) is 12.2. The molecule has 0 amide bonds. The molecule has 0 saturated heterocycles. The van der Waals surface area contributed by atoms with Crippen LogP contribution in [0, 0.1) is 11.8 Å². The summed E-state index contributed by atoms with van der Waals surface area (Å²) in [5, 5.41) is -0.0854. The first-order valence-electron chi connectivity index (χ1n) is 40.6. The van der Waals surface area contributed by atoms with Gasteiger partial charge in [-0.3, -0.25) is 4.79 Å². The topological polar surface area (TPSA) is 190 Å². The maximum Gasteiger partial charge on any atom is 0.330 e. The second-order valence-corrected chi connectivity index (χ2v) is 51.9. The number of carbonyl (C=O) groups is 3. The van der Waals surface area contributed by atoms with Crippen LogP contribution in [-0.4, -0.2) is 180 Å². The van der Waals surface area contributed by atoms with Crippen molar-refractivity contribution in [2.24, 2.45) is 11.8 Å². The Balaban J connectivity index is 0.00000112. The molecule has 0 aromatic heterocycles. The molecule has 0 aliphatic rings. The summed E-state index contributed by atoms with van der Waals surface area (Å²) in [7, 11) is 3.38. The van der Waals surface area contributed by atoms with Crippen molar-refractivity contribution in [1.82, 2.24) is 0 Å². The number of esters is 3. The van der Waals surface area contributed by atoms with Gasteiger partial charge in [0.2, 0.25) is 0 Å². The fourth-order valence-corrected chi connectivity index (χ4v) is 17.8. The molecule has 114 heavy (non-hydrogen) atoms. The van der Waals surface area contributed by atoms with E-state index < -0.39 is 65.4 Å². The third-order valence-electron chi connectivity index (χ3n) is 22.1. The molecular weight excluding hydrogens is 1580 g/mol. The van der Waals surface area contributed by atoms with Crippen molar-refractivity contribution in [3.63, 3.8) is 0 Å². The first-order chi connectivity index (χ1) is 52.8. The SMILES string of the molecule is C.C.CCC(=O)O[C@@H](C[C@@H](C[C@H](OCc1ccc(OC)cc1)/C(C)=C\[C@@H](CC)COCOCCOC)O[Si](C)(C)C(C)(C)C)C(C)(C)c1ccc[c]([SnH]([CH3])[CH3])c1.CCC(=O)O[C@@H](C[C@@H](C[C@H](OCc1ccc(OC)cc1)/C(C)=C\[C@@H](CC)COCOCCOC)O[Si](C)(C)C(C)(C)C)C(C)(C)c1cccc(C/C=C/C(=O)OC)c1. The van der Waals surface area contributed by atoms with E-state index in [0.29, 0.717) is 91.4 Å². The predicted molar refractivity (Wildman–Crippen MR) is 474 cm³/mol. The van der Waals surface area contributed by atoms with E-state index in [1.54, 1.807) is 34.5 Å². The van der Waals surface area contributed by atoms with E-state index in [4.69, 9.17) is 70.4 Å². The van der Waals surface area contributed by atoms with Gasteiger partial charge in [-0.05, 0) is 90.8 Å². The Labute approximate surface area is 700 Å². The van der Waals surface area contributed by atoms with Crippen LogP contribution in [0.5, 0.6) is 11.5 Å². The number of ether oxygens (including phenoxy) is 13. The summed E-state index contributed by atoms with van der Waals surface area (Å²) in [6.45, 7) is 47.9. The van der Waals surface area contributed by atoms with E-state index in [0.717, 1.165) is 57.7 Å². The Morgan fingerprint density at radius 1 is 0.491 bits per heavy atom. The van der Waals surface area contributed by atoms with Crippen LogP contribution in [0.25, 0.3) is 0 Å². The van der Waals surface area contributed by atoms with Crippen LogP contribution in [0.15, 0.2) is 133 Å². The Hall–Kier alpha value is -5.06. The number of allylic oxidation sites excluding steroid dienone is 1. The van der Waals surface area contributed by atoms with Gasteiger partial charge in [-0.2, -0.15) is 0 Å². The van der Waals surface area contributed by atoms with E-state index in [-0.39, 0.29) is 93.1 Å². The molecule has 0 aliphatic heterocycles. The van der Waals surface area contributed by atoms with Gasteiger partial charge in [0, 0.05) is 50.9 Å². The summed E-state index contributed by atoms with van der Waals surface area (Å²) in [6, 6.07) is 33.2. The molecule has 0 heterocycles. The summed E-state index contributed by atoms with van der Waals surface area (Å²) < 4.78 is 91.3. The molecule has 21 heteroatoms. The molecule has 0 radical (unpaired) electrons. The van der Waals surface area contributed by atoms with Crippen molar-refractivity contribution in [3.05, 3.63) is 160 Å². The van der Waals surface area contributed by atoms with E-state index in [2.05, 4.69) is 182 Å². The van der Waals surface area contributed by atoms with Crippen molar-refractivity contribution in [2.45, 2.75) is 290 Å². The van der Waals surface area contributed by atoms with Crippen molar-refractivity contribution >= 4 is 57.9 Å². The van der Waals surface area contributed by atoms with Crippen LogP contribution >= 0.6 is 0 Å². The van der Waals surface area contributed by atoms with Crippen LogP contribution < -0.4 is 13.1 Å². The van der Waals surface area contributed by atoms with Crippen LogP contribution in [0.1, 0.15) is 205 Å². The predicted octanol–water partition coefficient (Wildman–Crippen LogP) is 20.6. The van der Waals surface area contributed by atoms with Gasteiger partial charge in [0.25, 0.3) is 0 Å². The Morgan fingerprint density at radius 3 is 1.24 bits per heavy atom. The minimum Gasteiger partial charge on any atom is -0.497 e. The summed E-state index contributed by atoms with van der Waals surface area (Å²) in [6.07, 6.45) is 10.9. The molecule has 4 aromatic carbocycles.